The highest BCUT2D eigenvalue weighted by Crippen LogP contribution is 2.16. The first kappa shape index (κ1) is 12.5. The van der Waals surface area contributed by atoms with Crippen LogP contribution in [0.4, 0.5) is 10.1 Å². The SMILES string of the molecule is Cc1ccc(/C=C/C(=O)Nc2ccc(F)cc2)s1. The zero-order valence-electron chi connectivity index (χ0n) is 9.81. The number of nitrogens with one attached hydrogen (secondary N) is 1. The fourth-order valence-electron chi connectivity index (χ4n) is 1.42. The second-order valence-corrected chi connectivity index (χ2v) is 5.10. The van der Waals surface area contributed by atoms with Crippen molar-refractivity contribution in [1.82, 2.24) is 0 Å². The first-order valence-corrected chi connectivity index (χ1v) is 6.26. The topological polar surface area (TPSA) is 29.1 Å². The van der Waals surface area contributed by atoms with E-state index < -0.39 is 0 Å². The predicted molar refractivity (Wildman–Crippen MR) is 73.1 cm³/mol. The molecule has 1 aromatic carbocycles. The summed E-state index contributed by atoms with van der Waals surface area (Å²) < 4.78 is 12.7. The number of benzene rings is 1. The number of rotatable bonds is 3. The monoisotopic (exact) mass is 261 g/mol. The molecule has 0 unspecified atom stereocenters. The normalized spacial score (nSPS) is 10.8. The lowest BCUT2D eigenvalue weighted by molar-refractivity contribution is -0.111. The van der Waals surface area contributed by atoms with Gasteiger partial charge in [-0.15, -0.1) is 11.3 Å². The van der Waals surface area contributed by atoms with E-state index in [1.807, 2.05) is 19.1 Å². The van der Waals surface area contributed by atoms with Gasteiger partial charge in [0.05, 0.1) is 0 Å². The average molecular weight is 261 g/mol. The Balaban J connectivity index is 1.96. The molecule has 1 N–H and O–H groups in total. The van der Waals surface area contributed by atoms with E-state index in [2.05, 4.69) is 5.32 Å². The Labute approximate surface area is 109 Å². The quantitative estimate of drug-likeness (QED) is 0.835. The molecule has 18 heavy (non-hydrogen) atoms. The van der Waals surface area contributed by atoms with E-state index in [0.29, 0.717) is 5.69 Å². The molecule has 0 radical (unpaired) electrons. The summed E-state index contributed by atoms with van der Waals surface area (Å²) in [6, 6.07) is 9.63. The van der Waals surface area contributed by atoms with Gasteiger partial charge in [-0.05, 0) is 49.4 Å². The largest absolute Gasteiger partial charge is 0.323 e. The summed E-state index contributed by atoms with van der Waals surface area (Å²) in [7, 11) is 0. The van der Waals surface area contributed by atoms with Crippen molar-refractivity contribution in [2.75, 3.05) is 5.32 Å². The van der Waals surface area contributed by atoms with E-state index >= 15 is 0 Å². The minimum absolute atomic E-state index is 0.229. The number of aryl methyl sites for hydroxylation is 1. The Morgan fingerprint density at radius 3 is 2.56 bits per heavy atom. The lowest BCUT2D eigenvalue weighted by atomic mass is 10.3. The van der Waals surface area contributed by atoms with Gasteiger partial charge in [0.1, 0.15) is 5.82 Å². The standard InChI is InChI=1S/C14H12FNOS/c1-10-2-7-13(18-10)8-9-14(17)16-12-5-3-11(15)4-6-12/h2-9H,1H3,(H,16,17)/b9-8+. The van der Waals surface area contributed by atoms with Crippen LogP contribution in [0.25, 0.3) is 6.08 Å². The van der Waals surface area contributed by atoms with Gasteiger partial charge in [-0.2, -0.15) is 0 Å². The van der Waals surface area contributed by atoms with Gasteiger partial charge < -0.3 is 5.32 Å². The average Bonchev–Trinajstić information content (AvgIpc) is 2.76. The lowest BCUT2D eigenvalue weighted by Crippen LogP contribution is -2.07. The number of carbonyl (C=O) groups is 1. The molecule has 0 spiro atoms. The smallest absolute Gasteiger partial charge is 0.248 e. The Morgan fingerprint density at radius 2 is 1.94 bits per heavy atom. The zero-order chi connectivity index (χ0) is 13.0. The molecular formula is C14H12FNOS. The molecule has 0 saturated carbocycles. The molecule has 2 aromatic rings. The first-order valence-electron chi connectivity index (χ1n) is 5.44. The molecule has 1 heterocycles. The van der Waals surface area contributed by atoms with E-state index in [-0.39, 0.29) is 11.7 Å². The number of carbonyl (C=O) groups excluding carboxylic acids is 1. The lowest BCUT2D eigenvalue weighted by Gasteiger charge is -2.00. The van der Waals surface area contributed by atoms with Crippen molar-refractivity contribution in [2.45, 2.75) is 6.92 Å². The molecule has 1 aromatic heterocycles. The summed E-state index contributed by atoms with van der Waals surface area (Å²) in [5, 5.41) is 2.66. The van der Waals surface area contributed by atoms with Crippen LogP contribution in [0.2, 0.25) is 0 Å². The van der Waals surface area contributed by atoms with Gasteiger partial charge in [-0.1, -0.05) is 0 Å². The van der Waals surface area contributed by atoms with Gasteiger partial charge in [-0.25, -0.2) is 4.39 Å². The van der Waals surface area contributed by atoms with Crippen LogP contribution in [0.15, 0.2) is 42.5 Å². The van der Waals surface area contributed by atoms with Crippen molar-refractivity contribution in [1.29, 1.82) is 0 Å². The molecule has 92 valence electrons. The van der Waals surface area contributed by atoms with E-state index in [1.54, 1.807) is 17.4 Å². The molecule has 0 aliphatic rings. The van der Waals surface area contributed by atoms with Gasteiger partial charge in [0.2, 0.25) is 5.91 Å². The molecule has 1 amide bonds. The summed E-state index contributed by atoms with van der Waals surface area (Å²) in [4.78, 5) is 13.8. The summed E-state index contributed by atoms with van der Waals surface area (Å²) in [5.74, 6) is -0.551. The number of amides is 1. The second-order valence-electron chi connectivity index (χ2n) is 3.78. The molecule has 0 aliphatic heterocycles. The van der Waals surface area contributed by atoms with E-state index in [0.717, 1.165) is 4.88 Å². The zero-order valence-corrected chi connectivity index (χ0v) is 10.6. The maximum atomic E-state index is 12.7. The number of thiophene rings is 1. The third-order valence-corrected chi connectivity index (χ3v) is 3.24. The van der Waals surface area contributed by atoms with Crippen LogP contribution >= 0.6 is 11.3 Å². The summed E-state index contributed by atoms with van der Waals surface area (Å²) in [6.45, 7) is 2.01. The highest BCUT2D eigenvalue weighted by molar-refractivity contribution is 7.12. The van der Waals surface area contributed by atoms with Crippen molar-refractivity contribution in [3.05, 3.63) is 58.0 Å². The van der Waals surface area contributed by atoms with Crippen LogP contribution in [0.5, 0.6) is 0 Å². The third-order valence-electron chi connectivity index (χ3n) is 2.27. The van der Waals surface area contributed by atoms with Crippen molar-refractivity contribution in [2.24, 2.45) is 0 Å². The van der Waals surface area contributed by atoms with E-state index in [4.69, 9.17) is 0 Å². The summed E-state index contributed by atoms with van der Waals surface area (Å²) >= 11 is 1.62. The van der Waals surface area contributed by atoms with Crippen LogP contribution < -0.4 is 5.32 Å². The Bertz CT molecular complexity index is 572. The number of halogens is 1. The summed E-state index contributed by atoms with van der Waals surface area (Å²) in [6.07, 6.45) is 3.23. The Morgan fingerprint density at radius 1 is 1.22 bits per heavy atom. The minimum Gasteiger partial charge on any atom is -0.323 e. The molecule has 0 atom stereocenters. The molecular weight excluding hydrogens is 249 g/mol. The van der Waals surface area contributed by atoms with E-state index in [9.17, 15) is 9.18 Å². The second kappa shape index (κ2) is 5.60. The number of anilines is 1. The Kier molecular flexibility index (Phi) is 3.89. The van der Waals surface area contributed by atoms with Gasteiger partial charge in [0.25, 0.3) is 0 Å². The molecule has 0 fully saturated rings. The maximum absolute atomic E-state index is 12.7. The minimum atomic E-state index is -0.322. The van der Waals surface area contributed by atoms with Crippen LogP contribution in [-0.4, -0.2) is 5.91 Å². The van der Waals surface area contributed by atoms with Crippen LogP contribution in [0.3, 0.4) is 0 Å². The maximum Gasteiger partial charge on any atom is 0.248 e. The highest BCUT2D eigenvalue weighted by atomic mass is 32.1. The first-order chi connectivity index (χ1) is 8.63. The molecule has 0 bridgehead atoms. The van der Waals surface area contributed by atoms with Crippen LogP contribution in [0, 0.1) is 12.7 Å². The molecule has 2 nitrogen and oxygen atoms in total. The molecule has 0 saturated heterocycles. The van der Waals surface area contributed by atoms with Gasteiger partial charge in [-0.3, -0.25) is 4.79 Å². The fourth-order valence-corrected chi connectivity index (χ4v) is 2.20. The molecule has 2 rings (SSSR count). The van der Waals surface area contributed by atoms with Crippen molar-refractivity contribution < 1.29 is 9.18 Å². The highest BCUT2D eigenvalue weighted by Gasteiger charge is 1.98. The molecule has 0 aliphatic carbocycles. The van der Waals surface area contributed by atoms with Crippen LogP contribution in [0.1, 0.15) is 9.75 Å². The van der Waals surface area contributed by atoms with Gasteiger partial charge in [0, 0.05) is 21.5 Å². The van der Waals surface area contributed by atoms with E-state index in [1.165, 1.54) is 35.2 Å². The van der Waals surface area contributed by atoms with Crippen molar-refractivity contribution >= 4 is 29.0 Å². The number of hydrogen-bond acceptors (Lipinski definition) is 2. The number of hydrogen-bond donors (Lipinski definition) is 1. The van der Waals surface area contributed by atoms with Crippen molar-refractivity contribution in [3.63, 3.8) is 0 Å². The van der Waals surface area contributed by atoms with Gasteiger partial charge >= 0.3 is 0 Å². The van der Waals surface area contributed by atoms with Crippen molar-refractivity contribution in [3.8, 4) is 0 Å². The third kappa shape index (κ3) is 3.53. The van der Waals surface area contributed by atoms with Gasteiger partial charge in [0.15, 0.2) is 0 Å². The predicted octanol–water partition coefficient (Wildman–Crippen LogP) is 3.85. The van der Waals surface area contributed by atoms with Crippen LogP contribution in [-0.2, 0) is 4.79 Å². The fraction of sp³-hybridized carbons (Fsp3) is 0.0714. The molecule has 4 heteroatoms. The summed E-state index contributed by atoms with van der Waals surface area (Å²) in [5.41, 5.74) is 0.577. The Hall–Kier alpha value is -1.94.